The van der Waals surface area contributed by atoms with Crippen LogP contribution in [0.4, 0.5) is 0 Å². The standard InChI is InChI=1S/C14H20N4O/c1-16-14(15)17-8-4-7-13(19)18-9-11-5-2-3-6-12(11)10-18/h2-3,5-6H,4,7-10H2,1H3,(H3,15,16,17). The van der Waals surface area contributed by atoms with E-state index in [4.69, 9.17) is 5.73 Å². The third kappa shape index (κ3) is 3.47. The van der Waals surface area contributed by atoms with E-state index >= 15 is 0 Å². The third-order valence-electron chi connectivity index (χ3n) is 3.31. The minimum absolute atomic E-state index is 0.199. The number of carbonyl (C=O) groups excluding carboxylic acids is 1. The van der Waals surface area contributed by atoms with E-state index in [1.165, 1.54) is 11.1 Å². The molecule has 5 heteroatoms. The average molecular weight is 260 g/mol. The minimum atomic E-state index is 0.199. The van der Waals surface area contributed by atoms with Gasteiger partial charge in [-0.25, -0.2) is 0 Å². The van der Waals surface area contributed by atoms with Crippen molar-refractivity contribution < 1.29 is 4.79 Å². The molecule has 19 heavy (non-hydrogen) atoms. The number of nitrogens with one attached hydrogen (secondary N) is 1. The summed E-state index contributed by atoms with van der Waals surface area (Å²) in [5.41, 5.74) is 8.03. The number of benzene rings is 1. The van der Waals surface area contributed by atoms with Gasteiger partial charge in [-0.1, -0.05) is 24.3 Å². The lowest BCUT2D eigenvalue weighted by Crippen LogP contribution is -2.33. The first-order valence-electron chi connectivity index (χ1n) is 6.51. The Morgan fingerprint density at radius 1 is 1.37 bits per heavy atom. The van der Waals surface area contributed by atoms with Crippen LogP contribution in [0.15, 0.2) is 29.3 Å². The fourth-order valence-corrected chi connectivity index (χ4v) is 2.20. The third-order valence-corrected chi connectivity index (χ3v) is 3.31. The van der Waals surface area contributed by atoms with Crippen LogP contribution in [-0.2, 0) is 17.9 Å². The summed E-state index contributed by atoms with van der Waals surface area (Å²) >= 11 is 0. The maximum absolute atomic E-state index is 12.1. The normalized spacial score (nSPS) is 14.4. The molecule has 0 fully saturated rings. The van der Waals surface area contributed by atoms with Gasteiger partial charge in [0.2, 0.25) is 5.91 Å². The molecule has 1 heterocycles. The van der Waals surface area contributed by atoms with Crippen molar-refractivity contribution in [1.29, 1.82) is 0 Å². The monoisotopic (exact) mass is 260 g/mol. The number of fused-ring (bicyclic) bond motifs is 1. The lowest BCUT2D eigenvalue weighted by Gasteiger charge is -2.15. The van der Waals surface area contributed by atoms with Gasteiger partial charge in [0.1, 0.15) is 0 Å². The first kappa shape index (κ1) is 13.4. The predicted octanol–water partition coefficient (Wildman–Crippen LogP) is 0.843. The Labute approximate surface area is 113 Å². The Morgan fingerprint density at radius 3 is 2.58 bits per heavy atom. The quantitative estimate of drug-likeness (QED) is 0.479. The molecule has 1 aliphatic rings. The molecule has 0 aromatic heterocycles. The van der Waals surface area contributed by atoms with Crippen LogP contribution in [0.3, 0.4) is 0 Å². The second-order valence-electron chi connectivity index (χ2n) is 4.66. The van der Waals surface area contributed by atoms with Gasteiger partial charge in [-0.3, -0.25) is 9.79 Å². The van der Waals surface area contributed by atoms with Crippen LogP contribution in [0.2, 0.25) is 0 Å². The largest absolute Gasteiger partial charge is 0.370 e. The number of amides is 1. The fraction of sp³-hybridized carbons (Fsp3) is 0.429. The summed E-state index contributed by atoms with van der Waals surface area (Å²) in [6, 6.07) is 8.21. The molecule has 2 rings (SSSR count). The SMILES string of the molecule is CN=C(N)NCCCC(=O)N1Cc2ccccc2C1. The fourth-order valence-electron chi connectivity index (χ4n) is 2.20. The van der Waals surface area contributed by atoms with Crippen LogP contribution in [0.1, 0.15) is 24.0 Å². The van der Waals surface area contributed by atoms with Gasteiger partial charge in [-0.05, 0) is 17.5 Å². The van der Waals surface area contributed by atoms with E-state index < -0.39 is 0 Å². The van der Waals surface area contributed by atoms with Crippen molar-refractivity contribution in [1.82, 2.24) is 10.2 Å². The van der Waals surface area contributed by atoms with Gasteiger partial charge >= 0.3 is 0 Å². The van der Waals surface area contributed by atoms with Crippen LogP contribution >= 0.6 is 0 Å². The molecule has 0 unspecified atom stereocenters. The Balaban J connectivity index is 1.74. The Bertz CT molecular complexity index is 459. The molecule has 1 amide bonds. The zero-order chi connectivity index (χ0) is 13.7. The number of hydrogen-bond acceptors (Lipinski definition) is 2. The van der Waals surface area contributed by atoms with Crippen molar-refractivity contribution in [2.45, 2.75) is 25.9 Å². The number of nitrogens with zero attached hydrogens (tertiary/aromatic N) is 2. The number of nitrogens with two attached hydrogens (primary N) is 1. The van der Waals surface area contributed by atoms with Gasteiger partial charge in [-0.15, -0.1) is 0 Å². The Morgan fingerprint density at radius 2 is 2.00 bits per heavy atom. The molecule has 0 spiro atoms. The smallest absolute Gasteiger partial charge is 0.223 e. The van der Waals surface area contributed by atoms with Crippen LogP contribution in [0.5, 0.6) is 0 Å². The van der Waals surface area contributed by atoms with Crippen molar-refractivity contribution in [3.05, 3.63) is 35.4 Å². The van der Waals surface area contributed by atoms with Crippen molar-refractivity contribution in [3.8, 4) is 0 Å². The van der Waals surface area contributed by atoms with Gasteiger partial charge in [0, 0.05) is 33.1 Å². The second kappa shape index (κ2) is 6.22. The molecule has 102 valence electrons. The molecule has 0 saturated heterocycles. The molecule has 0 saturated carbocycles. The second-order valence-corrected chi connectivity index (χ2v) is 4.66. The van der Waals surface area contributed by atoms with Gasteiger partial charge in [-0.2, -0.15) is 0 Å². The number of rotatable bonds is 4. The van der Waals surface area contributed by atoms with E-state index in [1.807, 2.05) is 17.0 Å². The molecule has 1 aromatic rings. The van der Waals surface area contributed by atoms with Crippen LogP contribution in [0.25, 0.3) is 0 Å². The van der Waals surface area contributed by atoms with E-state index in [-0.39, 0.29) is 5.91 Å². The highest BCUT2D eigenvalue weighted by Crippen LogP contribution is 2.22. The molecule has 1 aromatic carbocycles. The molecule has 0 radical (unpaired) electrons. The lowest BCUT2D eigenvalue weighted by atomic mass is 10.1. The lowest BCUT2D eigenvalue weighted by molar-refractivity contribution is -0.131. The van der Waals surface area contributed by atoms with Crippen molar-refractivity contribution in [2.24, 2.45) is 10.7 Å². The molecule has 1 aliphatic heterocycles. The predicted molar refractivity (Wildman–Crippen MR) is 75.5 cm³/mol. The first-order chi connectivity index (χ1) is 9.20. The molecule has 5 nitrogen and oxygen atoms in total. The van der Waals surface area contributed by atoms with Gasteiger partial charge in [0.05, 0.1) is 0 Å². The van der Waals surface area contributed by atoms with Crippen molar-refractivity contribution in [2.75, 3.05) is 13.6 Å². The van der Waals surface area contributed by atoms with E-state index in [0.29, 0.717) is 18.9 Å². The van der Waals surface area contributed by atoms with Gasteiger partial charge in [0.15, 0.2) is 5.96 Å². The van der Waals surface area contributed by atoms with Gasteiger partial charge in [0.25, 0.3) is 0 Å². The summed E-state index contributed by atoms with van der Waals surface area (Å²) in [6.45, 7) is 2.15. The molecular formula is C14H20N4O. The molecule has 0 atom stereocenters. The summed E-state index contributed by atoms with van der Waals surface area (Å²) in [6.07, 6.45) is 1.31. The first-order valence-corrected chi connectivity index (χ1v) is 6.51. The maximum atomic E-state index is 12.1. The molecule has 0 bridgehead atoms. The van der Waals surface area contributed by atoms with E-state index in [1.54, 1.807) is 7.05 Å². The summed E-state index contributed by atoms with van der Waals surface area (Å²) in [5.74, 6) is 0.617. The number of guanidine groups is 1. The zero-order valence-electron chi connectivity index (χ0n) is 11.2. The van der Waals surface area contributed by atoms with Gasteiger partial charge < -0.3 is 16.0 Å². The summed E-state index contributed by atoms with van der Waals surface area (Å²) in [7, 11) is 1.63. The van der Waals surface area contributed by atoms with E-state index in [9.17, 15) is 4.79 Å². The summed E-state index contributed by atoms with van der Waals surface area (Å²) in [5, 5.41) is 2.95. The number of hydrogen-bond donors (Lipinski definition) is 2. The van der Waals surface area contributed by atoms with E-state index in [2.05, 4.69) is 22.4 Å². The summed E-state index contributed by atoms with van der Waals surface area (Å²) in [4.78, 5) is 17.8. The number of aliphatic imine (C=N–C) groups is 1. The van der Waals surface area contributed by atoms with E-state index in [0.717, 1.165) is 19.5 Å². The highest BCUT2D eigenvalue weighted by Gasteiger charge is 2.21. The van der Waals surface area contributed by atoms with Crippen molar-refractivity contribution in [3.63, 3.8) is 0 Å². The zero-order valence-corrected chi connectivity index (χ0v) is 11.2. The topological polar surface area (TPSA) is 70.7 Å². The Kier molecular flexibility index (Phi) is 4.39. The molecule has 0 aliphatic carbocycles. The minimum Gasteiger partial charge on any atom is -0.370 e. The molecule has 3 N–H and O–H groups in total. The highest BCUT2D eigenvalue weighted by atomic mass is 16.2. The van der Waals surface area contributed by atoms with Crippen LogP contribution < -0.4 is 11.1 Å². The van der Waals surface area contributed by atoms with Crippen molar-refractivity contribution >= 4 is 11.9 Å². The molecular weight excluding hydrogens is 240 g/mol. The van der Waals surface area contributed by atoms with Crippen LogP contribution in [0, 0.1) is 0 Å². The average Bonchev–Trinajstić information content (AvgIpc) is 2.87. The summed E-state index contributed by atoms with van der Waals surface area (Å²) < 4.78 is 0. The Hall–Kier alpha value is -2.04. The number of carbonyl (C=O) groups is 1. The highest BCUT2D eigenvalue weighted by molar-refractivity contribution is 5.78. The maximum Gasteiger partial charge on any atom is 0.223 e. The van der Waals surface area contributed by atoms with Crippen LogP contribution in [-0.4, -0.2) is 30.4 Å².